The smallest absolute Gasteiger partial charge is 0.322 e. The van der Waals surface area contributed by atoms with Gasteiger partial charge in [0.15, 0.2) is 5.76 Å². The van der Waals surface area contributed by atoms with Crippen molar-refractivity contribution in [3.05, 3.63) is 77.6 Å². The van der Waals surface area contributed by atoms with Crippen LogP contribution in [-0.4, -0.2) is 16.1 Å². The number of hydrogen-bond acceptors (Lipinski definition) is 5. The van der Waals surface area contributed by atoms with Crippen molar-refractivity contribution < 1.29 is 18.0 Å². The number of halogens is 1. The second kappa shape index (κ2) is 6.20. The molecule has 0 saturated carbocycles. The molecule has 2 aromatic heterocycles. The number of anilines is 1. The monoisotopic (exact) mass is 337 g/mol. The van der Waals surface area contributed by atoms with Gasteiger partial charge in [0, 0.05) is 5.39 Å². The largest absolute Gasteiger partial charge is 0.451 e. The summed E-state index contributed by atoms with van der Waals surface area (Å²) in [4.78, 5) is 12.2. The third-order valence-electron chi connectivity index (χ3n) is 3.61. The lowest BCUT2D eigenvalue weighted by atomic mass is 10.1. The zero-order chi connectivity index (χ0) is 17.2. The lowest BCUT2D eigenvalue weighted by molar-refractivity contribution is 0.0995. The van der Waals surface area contributed by atoms with E-state index in [1.165, 1.54) is 12.1 Å². The third kappa shape index (κ3) is 3.25. The Morgan fingerprint density at radius 2 is 1.84 bits per heavy atom. The number of nitrogens with one attached hydrogen (secondary N) is 1. The van der Waals surface area contributed by atoms with Gasteiger partial charge in [0.2, 0.25) is 5.89 Å². The molecule has 124 valence electrons. The highest BCUT2D eigenvalue weighted by molar-refractivity contribution is 6.03. The van der Waals surface area contributed by atoms with Crippen molar-refractivity contribution in [2.75, 3.05) is 5.32 Å². The maximum absolute atomic E-state index is 12.9. The summed E-state index contributed by atoms with van der Waals surface area (Å²) in [6.07, 6.45) is 0.341. The molecule has 2 aromatic carbocycles. The fourth-order valence-electron chi connectivity index (χ4n) is 2.40. The van der Waals surface area contributed by atoms with Crippen LogP contribution in [-0.2, 0) is 6.42 Å². The number of nitrogens with zero attached hydrogens (tertiary/aromatic N) is 2. The van der Waals surface area contributed by atoms with E-state index < -0.39 is 5.91 Å². The SMILES string of the molecule is O=C(Nc1nnc(Cc2ccc(F)cc2)o1)c1cc2ccccc2o1. The van der Waals surface area contributed by atoms with Crippen molar-refractivity contribution in [2.45, 2.75) is 6.42 Å². The van der Waals surface area contributed by atoms with Gasteiger partial charge in [-0.1, -0.05) is 35.4 Å². The number of aromatic nitrogens is 2. The Bertz CT molecular complexity index is 1000. The van der Waals surface area contributed by atoms with Crippen LogP contribution in [0.3, 0.4) is 0 Å². The first-order valence-electron chi connectivity index (χ1n) is 7.54. The van der Waals surface area contributed by atoms with E-state index in [4.69, 9.17) is 8.83 Å². The number of benzene rings is 2. The number of amides is 1. The van der Waals surface area contributed by atoms with Crippen LogP contribution in [0.2, 0.25) is 0 Å². The van der Waals surface area contributed by atoms with Crippen molar-refractivity contribution in [3.63, 3.8) is 0 Å². The Labute approximate surface area is 141 Å². The van der Waals surface area contributed by atoms with E-state index in [0.29, 0.717) is 17.9 Å². The molecule has 0 spiro atoms. The molecule has 0 aliphatic rings. The summed E-state index contributed by atoms with van der Waals surface area (Å²) in [5.74, 6) is -0.327. The highest BCUT2D eigenvalue weighted by Gasteiger charge is 2.16. The molecule has 0 aliphatic carbocycles. The molecule has 2 heterocycles. The van der Waals surface area contributed by atoms with Gasteiger partial charge in [0.25, 0.3) is 5.91 Å². The number of carbonyl (C=O) groups is 1. The fraction of sp³-hybridized carbons (Fsp3) is 0.0556. The molecule has 0 fully saturated rings. The van der Waals surface area contributed by atoms with Crippen LogP contribution in [0.5, 0.6) is 0 Å². The van der Waals surface area contributed by atoms with Crippen LogP contribution in [0.25, 0.3) is 11.0 Å². The zero-order valence-corrected chi connectivity index (χ0v) is 12.9. The summed E-state index contributed by atoms with van der Waals surface area (Å²) in [5.41, 5.74) is 1.44. The van der Waals surface area contributed by atoms with Crippen LogP contribution < -0.4 is 5.32 Å². The van der Waals surface area contributed by atoms with Gasteiger partial charge in [-0.25, -0.2) is 4.39 Å². The Morgan fingerprint density at radius 1 is 1.04 bits per heavy atom. The summed E-state index contributed by atoms with van der Waals surface area (Å²) in [5, 5.41) is 11.0. The molecule has 0 aliphatic heterocycles. The lowest BCUT2D eigenvalue weighted by Crippen LogP contribution is -2.10. The van der Waals surface area contributed by atoms with E-state index in [0.717, 1.165) is 10.9 Å². The second-order valence-corrected chi connectivity index (χ2v) is 5.41. The normalized spacial score (nSPS) is 10.9. The minimum absolute atomic E-state index is 0.0254. The van der Waals surface area contributed by atoms with Crippen LogP contribution in [0.15, 0.2) is 63.4 Å². The number of rotatable bonds is 4. The van der Waals surface area contributed by atoms with Crippen molar-refractivity contribution in [3.8, 4) is 0 Å². The molecule has 0 radical (unpaired) electrons. The van der Waals surface area contributed by atoms with Gasteiger partial charge < -0.3 is 8.83 Å². The number of carbonyl (C=O) groups excluding carboxylic acids is 1. The minimum Gasteiger partial charge on any atom is -0.451 e. The van der Waals surface area contributed by atoms with E-state index in [2.05, 4.69) is 15.5 Å². The zero-order valence-electron chi connectivity index (χ0n) is 12.9. The van der Waals surface area contributed by atoms with Crippen LogP contribution in [0, 0.1) is 5.82 Å². The predicted molar refractivity (Wildman–Crippen MR) is 87.7 cm³/mol. The highest BCUT2D eigenvalue weighted by atomic mass is 19.1. The first-order valence-corrected chi connectivity index (χ1v) is 7.54. The lowest BCUT2D eigenvalue weighted by Gasteiger charge is -1.97. The molecule has 0 atom stereocenters. The first-order chi connectivity index (χ1) is 12.2. The maximum atomic E-state index is 12.9. The molecule has 0 unspecified atom stereocenters. The average molecular weight is 337 g/mol. The van der Waals surface area contributed by atoms with Crippen molar-refractivity contribution in [1.82, 2.24) is 10.2 Å². The second-order valence-electron chi connectivity index (χ2n) is 5.41. The van der Waals surface area contributed by atoms with E-state index in [-0.39, 0.29) is 17.6 Å². The molecular formula is C18H12FN3O3. The number of furan rings is 1. The van der Waals surface area contributed by atoms with Gasteiger partial charge in [-0.3, -0.25) is 10.1 Å². The molecule has 1 amide bonds. The Kier molecular flexibility index (Phi) is 3.74. The predicted octanol–water partition coefficient (Wildman–Crippen LogP) is 3.80. The molecule has 4 aromatic rings. The standard InChI is InChI=1S/C18H12FN3O3/c19-13-7-5-11(6-8-13)9-16-21-22-18(25-16)20-17(23)15-10-12-3-1-2-4-14(12)24-15/h1-8,10H,9H2,(H,20,22,23). The summed E-state index contributed by atoms with van der Waals surface area (Å²) < 4.78 is 23.8. The maximum Gasteiger partial charge on any atom is 0.322 e. The van der Waals surface area contributed by atoms with Gasteiger partial charge in [-0.15, -0.1) is 5.10 Å². The summed E-state index contributed by atoms with van der Waals surface area (Å²) in [6, 6.07) is 14.9. The Morgan fingerprint density at radius 3 is 2.64 bits per heavy atom. The topological polar surface area (TPSA) is 81.2 Å². The van der Waals surface area contributed by atoms with Crippen molar-refractivity contribution in [2.24, 2.45) is 0 Å². The highest BCUT2D eigenvalue weighted by Crippen LogP contribution is 2.20. The molecule has 6 nitrogen and oxygen atoms in total. The van der Waals surface area contributed by atoms with Gasteiger partial charge in [-0.2, -0.15) is 0 Å². The molecule has 7 heteroatoms. The average Bonchev–Trinajstić information content (AvgIpc) is 3.23. The molecule has 0 saturated heterocycles. The van der Waals surface area contributed by atoms with Crippen LogP contribution in [0.1, 0.15) is 22.0 Å². The van der Waals surface area contributed by atoms with E-state index in [1.807, 2.05) is 18.2 Å². The van der Waals surface area contributed by atoms with Gasteiger partial charge >= 0.3 is 6.01 Å². The van der Waals surface area contributed by atoms with Crippen molar-refractivity contribution >= 4 is 22.9 Å². The summed E-state index contributed by atoms with van der Waals surface area (Å²) in [7, 11) is 0. The molecular weight excluding hydrogens is 325 g/mol. The Hall–Kier alpha value is -3.48. The number of para-hydroxylation sites is 1. The van der Waals surface area contributed by atoms with Gasteiger partial charge in [-0.05, 0) is 29.8 Å². The summed E-state index contributed by atoms with van der Waals surface area (Å²) in [6.45, 7) is 0. The quantitative estimate of drug-likeness (QED) is 0.612. The Balaban J connectivity index is 1.46. The van der Waals surface area contributed by atoms with E-state index >= 15 is 0 Å². The molecule has 1 N–H and O–H groups in total. The van der Waals surface area contributed by atoms with Gasteiger partial charge in [0.05, 0.1) is 6.42 Å². The fourth-order valence-corrected chi connectivity index (χ4v) is 2.40. The van der Waals surface area contributed by atoms with Gasteiger partial charge in [0.1, 0.15) is 11.4 Å². The first kappa shape index (κ1) is 15.1. The number of hydrogen-bond donors (Lipinski definition) is 1. The minimum atomic E-state index is -0.479. The molecule has 0 bridgehead atoms. The molecule has 25 heavy (non-hydrogen) atoms. The van der Waals surface area contributed by atoms with E-state index in [1.54, 1.807) is 24.3 Å². The van der Waals surface area contributed by atoms with Crippen LogP contribution >= 0.6 is 0 Å². The van der Waals surface area contributed by atoms with Crippen LogP contribution in [0.4, 0.5) is 10.4 Å². The van der Waals surface area contributed by atoms with E-state index in [9.17, 15) is 9.18 Å². The molecule has 4 rings (SSSR count). The summed E-state index contributed by atoms with van der Waals surface area (Å²) >= 11 is 0. The number of fused-ring (bicyclic) bond motifs is 1. The van der Waals surface area contributed by atoms with Crippen molar-refractivity contribution in [1.29, 1.82) is 0 Å². The third-order valence-corrected chi connectivity index (χ3v) is 3.61.